The number of nitriles is 1. The zero-order valence-electron chi connectivity index (χ0n) is 11.8. The molecule has 1 aromatic rings. The van der Waals surface area contributed by atoms with Crippen LogP contribution in [0.5, 0.6) is 0 Å². The van der Waals surface area contributed by atoms with Crippen LogP contribution in [0, 0.1) is 23.2 Å². The van der Waals surface area contributed by atoms with Gasteiger partial charge in [0.1, 0.15) is 0 Å². The van der Waals surface area contributed by atoms with Gasteiger partial charge in [-0.15, -0.1) is 0 Å². The lowest BCUT2D eigenvalue weighted by Crippen LogP contribution is -2.29. The van der Waals surface area contributed by atoms with Crippen LogP contribution < -0.4 is 5.32 Å². The molecule has 3 atom stereocenters. The fourth-order valence-electron chi connectivity index (χ4n) is 3.10. The molecule has 3 unspecified atom stereocenters. The average Bonchev–Trinajstić information content (AvgIpc) is 2.45. The lowest BCUT2D eigenvalue weighted by atomic mass is 9.82. The molecule has 1 fully saturated rings. The standard InChI is InChI=1S/C17H24N2/c1-14-6-5-7-15(10-14)12-19-13-17(11-18)16-8-3-2-4-9-16/h2-4,8-9,14-15,17,19H,5-7,10,12-13H2,1H3. The van der Waals surface area contributed by atoms with Crippen molar-refractivity contribution in [3.8, 4) is 6.07 Å². The highest BCUT2D eigenvalue weighted by Crippen LogP contribution is 2.28. The zero-order chi connectivity index (χ0) is 13.5. The van der Waals surface area contributed by atoms with Gasteiger partial charge in [0, 0.05) is 6.54 Å². The van der Waals surface area contributed by atoms with E-state index in [1.807, 2.05) is 30.3 Å². The molecule has 1 saturated carbocycles. The van der Waals surface area contributed by atoms with Crippen molar-refractivity contribution in [2.45, 2.75) is 38.5 Å². The Morgan fingerprint density at radius 1 is 1.32 bits per heavy atom. The SMILES string of the molecule is CC1CCCC(CNCC(C#N)c2ccccc2)C1. The van der Waals surface area contributed by atoms with Gasteiger partial charge in [-0.3, -0.25) is 0 Å². The summed E-state index contributed by atoms with van der Waals surface area (Å²) in [7, 11) is 0. The monoisotopic (exact) mass is 256 g/mol. The third kappa shape index (κ3) is 4.36. The first-order chi connectivity index (χ1) is 9.29. The number of benzene rings is 1. The van der Waals surface area contributed by atoms with Crippen molar-refractivity contribution in [3.05, 3.63) is 35.9 Å². The molecule has 0 bridgehead atoms. The number of hydrogen-bond donors (Lipinski definition) is 1. The van der Waals surface area contributed by atoms with Crippen molar-refractivity contribution < 1.29 is 0 Å². The second-order valence-electron chi connectivity index (χ2n) is 5.89. The van der Waals surface area contributed by atoms with Gasteiger partial charge in [0.2, 0.25) is 0 Å². The van der Waals surface area contributed by atoms with Crippen LogP contribution in [0.15, 0.2) is 30.3 Å². The molecule has 2 heteroatoms. The summed E-state index contributed by atoms with van der Waals surface area (Å²) in [5.41, 5.74) is 1.12. The molecule has 0 heterocycles. The van der Waals surface area contributed by atoms with Crippen LogP contribution in [0.4, 0.5) is 0 Å². The van der Waals surface area contributed by atoms with Crippen LogP contribution in [0.25, 0.3) is 0 Å². The Morgan fingerprint density at radius 2 is 2.11 bits per heavy atom. The number of hydrogen-bond acceptors (Lipinski definition) is 2. The summed E-state index contributed by atoms with van der Waals surface area (Å²) in [6, 6.07) is 12.5. The summed E-state index contributed by atoms with van der Waals surface area (Å²) in [6.07, 6.45) is 5.45. The van der Waals surface area contributed by atoms with Crippen molar-refractivity contribution >= 4 is 0 Å². The molecule has 2 nitrogen and oxygen atoms in total. The fourth-order valence-corrected chi connectivity index (χ4v) is 3.10. The van der Waals surface area contributed by atoms with Crippen molar-refractivity contribution in [3.63, 3.8) is 0 Å². The Bertz CT molecular complexity index is 407. The molecule has 1 aliphatic rings. The molecular formula is C17H24N2. The zero-order valence-corrected chi connectivity index (χ0v) is 11.8. The molecule has 1 aliphatic carbocycles. The summed E-state index contributed by atoms with van der Waals surface area (Å²) in [4.78, 5) is 0. The van der Waals surface area contributed by atoms with Gasteiger partial charge in [-0.25, -0.2) is 0 Å². The minimum Gasteiger partial charge on any atom is -0.315 e. The molecule has 0 aliphatic heterocycles. The second-order valence-corrected chi connectivity index (χ2v) is 5.89. The van der Waals surface area contributed by atoms with Gasteiger partial charge in [0.05, 0.1) is 12.0 Å². The Morgan fingerprint density at radius 3 is 2.79 bits per heavy atom. The third-order valence-corrected chi connectivity index (χ3v) is 4.18. The van der Waals surface area contributed by atoms with Crippen LogP contribution in [0.1, 0.15) is 44.1 Å². The molecule has 19 heavy (non-hydrogen) atoms. The number of rotatable bonds is 5. The lowest BCUT2D eigenvalue weighted by molar-refractivity contribution is 0.274. The highest BCUT2D eigenvalue weighted by molar-refractivity contribution is 5.24. The maximum absolute atomic E-state index is 9.27. The molecule has 0 amide bonds. The minimum atomic E-state index is -0.0257. The van der Waals surface area contributed by atoms with Crippen molar-refractivity contribution in [2.75, 3.05) is 13.1 Å². The van der Waals surface area contributed by atoms with E-state index in [2.05, 4.69) is 18.3 Å². The summed E-state index contributed by atoms with van der Waals surface area (Å²) in [5, 5.41) is 12.8. The van der Waals surface area contributed by atoms with E-state index in [0.717, 1.165) is 30.5 Å². The van der Waals surface area contributed by atoms with E-state index < -0.39 is 0 Å². The molecular weight excluding hydrogens is 232 g/mol. The Hall–Kier alpha value is -1.33. The maximum Gasteiger partial charge on any atom is 0.0837 e. The van der Waals surface area contributed by atoms with Crippen LogP contribution >= 0.6 is 0 Å². The average molecular weight is 256 g/mol. The van der Waals surface area contributed by atoms with Crippen LogP contribution in [-0.4, -0.2) is 13.1 Å². The Balaban J connectivity index is 1.76. The normalized spacial score (nSPS) is 24.6. The molecule has 2 rings (SSSR count). The van der Waals surface area contributed by atoms with Gasteiger partial charge in [-0.05, 0) is 36.8 Å². The molecule has 1 N–H and O–H groups in total. The van der Waals surface area contributed by atoms with E-state index in [4.69, 9.17) is 0 Å². The summed E-state index contributed by atoms with van der Waals surface area (Å²) in [6.45, 7) is 4.19. The number of nitrogens with zero attached hydrogens (tertiary/aromatic N) is 1. The van der Waals surface area contributed by atoms with Crippen molar-refractivity contribution in [2.24, 2.45) is 11.8 Å². The predicted molar refractivity (Wildman–Crippen MR) is 78.8 cm³/mol. The molecule has 0 spiro atoms. The molecule has 102 valence electrons. The molecule has 0 saturated heterocycles. The second kappa shape index (κ2) is 7.31. The van der Waals surface area contributed by atoms with Crippen molar-refractivity contribution in [1.82, 2.24) is 5.32 Å². The van der Waals surface area contributed by atoms with E-state index in [-0.39, 0.29) is 5.92 Å². The summed E-state index contributed by atoms with van der Waals surface area (Å²) >= 11 is 0. The van der Waals surface area contributed by atoms with E-state index in [9.17, 15) is 5.26 Å². The van der Waals surface area contributed by atoms with E-state index in [1.165, 1.54) is 25.7 Å². The highest BCUT2D eigenvalue weighted by atomic mass is 14.9. The van der Waals surface area contributed by atoms with Gasteiger partial charge < -0.3 is 5.32 Å². The number of nitrogens with one attached hydrogen (secondary N) is 1. The van der Waals surface area contributed by atoms with Gasteiger partial charge in [-0.2, -0.15) is 5.26 Å². The fraction of sp³-hybridized carbons (Fsp3) is 0.588. The first-order valence-corrected chi connectivity index (χ1v) is 7.45. The van der Waals surface area contributed by atoms with Gasteiger partial charge in [0.25, 0.3) is 0 Å². The lowest BCUT2D eigenvalue weighted by Gasteiger charge is -2.27. The highest BCUT2D eigenvalue weighted by Gasteiger charge is 2.19. The first-order valence-electron chi connectivity index (χ1n) is 7.45. The van der Waals surface area contributed by atoms with Crippen molar-refractivity contribution in [1.29, 1.82) is 5.26 Å². The topological polar surface area (TPSA) is 35.8 Å². The van der Waals surface area contributed by atoms with E-state index in [0.29, 0.717) is 0 Å². The van der Waals surface area contributed by atoms with Gasteiger partial charge in [-0.1, -0.05) is 50.1 Å². The third-order valence-electron chi connectivity index (χ3n) is 4.18. The Kier molecular flexibility index (Phi) is 5.42. The molecule has 1 aromatic carbocycles. The van der Waals surface area contributed by atoms with Gasteiger partial charge in [0.15, 0.2) is 0 Å². The smallest absolute Gasteiger partial charge is 0.0837 e. The van der Waals surface area contributed by atoms with E-state index >= 15 is 0 Å². The largest absolute Gasteiger partial charge is 0.315 e. The van der Waals surface area contributed by atoms with Crippen LogP contribution in [0.3, 0.4) is 0 Å². The molecule has 0 aromatic heterocycles. The maximum atomic E-state index is 9.27. The van der Waals surface area contributed by atoms with Crippen LogP contribution in [0.2, 0.25) is 0 Å². The van der Waals surface area contributed by atoms with E-state index in [1.54, 1.807) is 0 Å². The van der Waals surface area contributed by atoms with Gasteiger partial charge >= 0.3 is 0 Å². The minimum absolute atomic E-state index is 0.0257. The Labute approximate surface area is 116 Å². The summed E-state index contributed by atoms with van der Waals surface area (Å²) in [5.74, 6) is 1.66. The quantitative estimate of drug-likeness (QED) is 0.871. The van der Waals surface area contributed by atoms with Crippen LogP contribution in [-0.2, 0) is 0 Å². The summed E-state index contributed by atoms with van der Waals surface area (Å²) < 4.78 is 0. The first kappa shape index (κ1) is 14.1. The molecule has 0 radical (unpaired) electrons. The predicted octanol–water partition coefficient (Wildman–Crippen LogP) is 3.71.